The van der Waals surface area contributed by atoms with Crippen LogP contribution in [-0.2, 0) is 4.74 Å². The largest absolute Gasteiger partial charge is 0.451 e. The molecule has 1 amide bonds. The second-order valence-electron chi connectivity index (χ2n) is 7.36. The van der Waals surface area contributed by atoms with Gasteiger partial charge in [-0.05, 0) is 30.2 Å². The van der Waals surface area contributed by atoms with E-state index in [0.29, 0.717) is 35.8 Å². The van der Waals surface area contributed by atoms with Crippen molar-refractivity contribution in [1.29, 1.82) is 0 Å². The number of nitrogens with one attached hydrogen (secondary N) is 1. The fourth-order valence-corrected chi connectivity index (χ4v) is 3.85. The topological polar surface area (TPSA) is 71.8 Å². The minimum absolute atomic E-state index is 0. The SMILES string of the molecule is Cc1cc2oc(C(=O)NCC(c3ccccc3)N3CCOCC3)cc(=O)c2cc1Cl.Cl. The van der Waals surface area contributed by atoms with Crippen LogP contribution in [0.4, 0.5) is 0 Å². The van der Waals surface area contributed by atoms with E-state index >= 15 is 0 Å². The number of carbonyl (C=O) groups excluding carboxylic acids is 1. The first-order valence-corrected chi connectivity index (χ1v) is 10.3. The van der Waals surface area contributed by atoms with E-state index in [0.717, 1.165) is 24.2 Å². The maximum absolute atomic E-state index is 12.8. The number of nitrogens with zero attached hydrogens (tertiary/aromatic N) is 1. The van der Waals surface area contributed by atoms with E-state index in [2.05, 4.69) is 22.3 Å². The van der Waals surface area contributed by atoms with E-state index < -0.39 is 5.91 Å². The standard InChI is InChI=1S/C23H23ClN2O4.ClH/c1-15-11-21-17(12-18(15)24)20(27)13-22(30-21)23(28)25-14-19(16-5-3-2-4-6-16)26-7-9-29-10-8-26;/h2-6,11-13,19H,7-10,14H2,1H3,(H,25,28);1H. The third-order valence-corrected chi connectivity index (χ3v) is 5.77. The van der Waals surface area contributed by atoms with E-state index in [1.165, 1.54) is 6.07 Å². The molecule has 4 rings (SSSR count). The molecule has 1 unspecified atom stereocenters. The minimum atomic E-state index is -0.421. The van der Waals surface area contributed by atoms with Gasteiger partial charge in [0, 0.05) is 30.7 Å². The van der Waals surface area contributed by atoms with Gasteiger partial charge in [-0.2, -0.15) is 0 Å². The van der Waals surface area contributed by atoms with Gasteiger partial charge in [0.1, 0.15) is 5.58 Å². The molecule has 3 aromatic rings. The molecule has 1 aromatic heterocycles. The van der Waals surface area contributed by atoms with E-state index in [4.69, 9.17) is 20.8 Å². The summed E-state index contributed by atoms with van der Waals surface area (Å²) < 4.78 is 11.2. The maximum atomic E-state index is 12.8. The minimum Gasteiger partial charge on any atom is -0.451 e. The summed E-state index contributed by atoms with van der Waals surface area (Å²) in [6.07, 6.45) is 0. The number of benzene rings is 2. The van der Waals surface area contributed by atoms with Gasteiger partial charge in [-0.1, -0.05) is 41.9 Å². The van der Waals surface area contributed by atoms with Gasteiger partial charge >= 0.3 is 0 Å². The van der Waals surface area contributed by atoms with Gasteiger partial charge < -0.3 is 14.5 Å². The van der Waals surface area contributed by atoms with Crippen molar-refractivity contribution in [3.8, 4) is 0 Å². The lowest BCUT2D eigenvalue weighted by atomic mass is 10.0. The van der Waals surface area contributed by atoms with Gasteiger partial charge in [0.05, 0.1) is 24.6 Å². The predicted molar refractivity (Wildman–Crippen MR) is 123 cm³/mol. The molecule has 1 atom stereocenters. The van der Waals surface area contributed by atoms with Gasteiger partial charge in [-0.15, -0.1) is 12.4 Å². The third-order valence-electron chi connectivity index (χ3n) is 5.36. The van der Waals surface area contributed by atoms with Crippen molar-refractivity contribution >= 4 is 40.9 Å². The van der Waals surface area contributed by atoms with Crippen LogP contribution in [0.5, 0.6) is 0 Å². The van der Waals surface area contributed by atoms with Crippen molar-refractivity contribution in [2.45, 2.75) is 13.0 Å². The number of ether oxygens (including phenoxy) is 1. The molecule has 0 saturated carbocycles. The molecular formula is C23H24Cl2N2O4. The van der Waals surface area contributed by atoms with Crippen LogP contribution in [0, 0.1) is 6.92 Å². The second-order valence-corrected chi connectivity index (χ2v) is 7.76. The Balaban J connectivity index is 0.00000272. The Hall–Kier alpha value is -2.38. The van der Waals surface area contributed by atoms with E-state index in [1.54, 1.807) is 12.1 Å². The van der Waals surface area contributed by atoms with Gasteiger partial charge in [-0.25, -0.2) is 0 Å². The molecule has 0 bridgehead atoms. The fourth-order valence-electron chi connectivity index (χ4n) is 3.69. The zero-order valence-corrected chi connectivity index (χ0v) is 18.7. The first-order valence-electron chi connectivity index (χ1n) is 9.92. The van der Waals surface area contributed by atoms with Crippen LogP contribution < -0.4 is 10.7 Å². The highest BCUT2D eigenvalue weighted by Gasteiger charge is 2.24. The highest BCUT2D eigenvalue weighted by atomic mass is 35.5. The van der Waals surface area contributed by atoms with Crippen LogP contribution in [0.3, 0.4) is 0 Å². The lowest BCUT2D eigenvalue weighted by molar-refractivity contribution is 0.0161. The average molecular weight is 463 g/mol. The summed E-state index contributed by atoms with van der Waals surface area (Å²) in [7, 11) is 0. The molecule has 2 aromatic carbocycles. The Morgan fingerprint density at radius 3 is 2.58 bits per heavy atom. The molecule has 1 aliphatic heterocycles. The highest BCUT2D eigenvalue weighted by molar-refractivity contribution is 6.32. The molecule has 1 fully saturated rings. The van der Waals surface area contributed by atoms with Crippen LogP contribution in [0.15, 0.2) is 57.7 Å². The molecule has 0 aliphatic carbocycles. The van der Waals surface area contributed by atoms with Crippen LogP contribution in [0.25, 0.3) is 11.0 Å². The monoisotopic (exact) mass is 462 g/mol. The molecule has 164 valence electrons. The molecule has 1 aliphatic rings. The molecule has 1 saturated heterocycles. The molecular weight excluding hydrogens is 439 g/mol. The quantitative estimate of drug-likeness (QED) is 0.620. The van der Waals surface area contributed by atoms with Crippen molar-refractivity contribution in [2.24, 2.45) is 0 Å². The Labute approximate surface area is 191 Å². The Morgan fingerprint density at radius 1 is 1.16 bits per heavy atom. The number of amides is 1. The van der Waals surface area contributed by atoms with Gasteiger partial charge in [0.2, 0.25) is 0 Å². The van der Waals surface area contributed by atoms with E-state index in [1.807, 2.05) is 25.1 Å². The van der Waals surface area contributed by atoms with Crippen LogP contribution >= 0.6 is 24.0 Å². The van der Waals surface area contributed by atoms with Crippen molar-refractivity contribution in [2.75, 3.05) is 32.8 Å². The van der Waals surface area contributed by atoms with E-state index in [9.17, 15) is 9.59 Å². The van der Waals surface area contributed by atoms with E-state index in [-0.39, 0.29) is 29.6 Å². The molecule has 8 heteroatoms. The number of carbonyl (C=O) groups is 1. The lowest BCUT2D eigenvalue weighted by Gasteiger charge is -2.34. The number of morpholine rings is 1. The summed E-state index contributed by atoms with van der Waals surface area (Å²) in [6, 6.07) is 14.5. The molecule has 0 spiro atoms. The van der Waals surface area contributed by atoms with Crippen molar-refractivity contribution in [3.63, 3.8) is 0 Å². The molecule has 6 nitrogen and oxygen atoms in total. The normalized spacial score (nSPS) is 15.3. The average Bonchev–Trinajstić information content (AvgIpc) is 2.76. The summed E-state index contributed by atoms with van der Waals surface area (Å²) in [4.78, 5) is 27.5. The second kappa shape index (κ2) is 10.3. The zero-order valence-electron chi connectivity index (χ0n) is 17.1. The van der Waals surface area contributed by atoms with Crippen molar-refractivity contribution in [3.05, 3.63) is 80.7 Å². The summed E-state index contributed by atoms with van der Waals surface area (Å²) in [6.45, 7) is 5.13. The molecule has 2 heterocycles. The van der Waals surface area contributed by atoms with Gasteiger partial charge in [-0.3, -0.25) is 14.5 Å². The van der Waals surface area contributed by atoms with Crippen LogP contribution in [0.1, 0.15) is 27.7 Å². The third kappa shape index (κ3) is 5.28. The lowest BCUT2D eigenvalue weighted by Crippen LogP contribution is -2.43. The smallest absolute Gasteiger partial charge is 0.287 e. The summed E-state index contributed by atoms with van der Waals surface area (Å²) in [5.74, 6) is -0.432. The Kier molecular flexibility index (Phi) is 7.73. The first kappa shape index (κ1) is 23.3. The van der Waals surface area contributed by atoms with Crippen molar-refractivity contribution < 1.29 is 13.9 Å². The summed E-state index contributed by atoms with van der Waals surface area (Å²) in [5.41, 5.74) is 1.95. The van der Waals surface area contributed by atoms with Gasteiger partial charge in [0.25, 0.3) is 5.91 Å². The number of rotatable bonds is 5. The molecule has 31 heavy (non-hydrogen) atoms. The fraction of sp³-hybridized carbons (Fsp3) is 0.304. The van der Waals surface area contributed by atoms with Crippen LogP contribution in [0.2, 0.25) is 5.02 Å². The maximum Gasteiger partial charge on any atom is 0.287 e. The first-order chi connectivity index (χ1) is 14.5. The Morgan fingerprint density at radius 2 is 1.87 bits per heavy atom. The number of hydrogen-bond donors (Lipinski definition) is 1. The van der Waals surface area contributed by atoms with Crippen molar-refractivity contribution in [1.82, 2.24) is 10.2 Å². The number of aryl methyl sites for hydroxylation is 1. The van der Waals surface area contributed by atoms with Crippen LogP contribution in [-0.4, -0.2) is 43.7 Å². The number of halogens is 2. The highest BCUT2D eigenvalue weighted by Crippen LogP contribution is 2.23. The summed E-state index contributed by atoms with van der Waals surface area (Å²) in [5, 5.41) is 3.78. The number of fused-ring (bicyclic) bond motifs is 1. The Bertz CT molecular complexity index is 1110. The number of hydrogen-bond acceptors (Lipinski definition) is 5. The van der Waals surface area contributed by atoms with Gasteiger partial charge in [0.15, 0.2) is 11.2 Å². The molecule has 0 radical (unpaired) electrons. The predicted octanol–water partition coefficient (Wildman–Crippen LogP) is 3.98. The summed E-state index contributed by atoms with van der Waals surface area (Å²) >= 11 is 6.11. The molecule has 1 N–H and O–H groups in total. The zero-order chi connectivity index (χ0) is 21.1.